The average molecular weight is 204 g/mol. The molecule has 0 unspecified atom stereocenters. The van der Waals surface area contributed by atoms with Gasteiger partial charge in [0, 0.05) is 0 Å². The minimum atomic E-state index is -3.17. The molecule has 8 heavy (non-hydrogen) atoms. The van der Waals surface area contributed by atoms with Gasteiger partial charge in [-0.1, -0.05) is 6.92 Å². The Balaban J connectivity index is 0. The lowest BCUT2D eigenvalue weighted by molar-refractivity contribution is 0.596. The summed E-state index contributed by atoms with van der Waals surface area (Å²) in [7, 11) is -3.17. The first-order chi connectivity index (χ1) is 3.06. The minimum Gasteiger partial charge on any atom is -0.229 e. The van der Waals surface area contributed by atoms with Crippen LogP contribution in [0.15, 0.2) is 0 Å². The molecule has 0 atom stereocenters. The third-order valence-corrected chi connectivity index (χ3v) is 1.47. The fourth-order valence-corrected chi connectivity index (χ4v) is 0.854. The normalized spacial score (nSPS) is 10.2. The minimum absolute atomic E-state index is 0. The lowest BCUT2D eigenvalue weighted by Gasteiger charge is -1.87. The van der Waals surface area contributed by atoms with Crippen LogP contribution in [0, 0.1) is 0 Å². The van der Waals surface area contributed by atoms with Gasteiger partial charge < -0.3 is 0 Å². The molecule has 0 aliphatic heterocycles. The van der Waals surface area contributed by atoms with Crippen LogP contribution in [0.25, 0.3) is 0 Å². The molecule has 0 aromatic rings. The van der Waals surface area contributed by atoms with Gasteiger partial charge in [0.2, 0.25) is 10.0 Å². The van der Waals surface area contributed by atoms with Crippen molar-refractivity contribution in [2.75, 3.05) is 5.75 Å². The summed E-state index contributed by atoms with van der Waals surface area (Å²) >= 11 is 0. The number of rotatable bonds is 2. The highest BCUT2D eigenvalue weighted by atomic mass is 79.9. The van der Waals surface area contributed by atoms with Crippen molar-refractivity contribution in [2.45, 2.75) is 13.3 Å². The molecule has 0 saturated carbocycles. The molecule has 0 amide bonds. The first-order valence-electron chi connectivity index (χ1n) is 2.06. The molecular formula is C3H10BrNO2S. The molecule has 5 heteroatoms. The average Bonchev–Trinajstić information content (AvgIpc) is 1.30. The summed E-state index contributed by atoms with van der Waals surface area (Å²) in [5.41, 5.74) is 0. The summed E-state index contributed by atoms with van der Waals surface area (Å²) in [6.07, 6.45) is 0.596. The van der Waals surface area contributed by atoms with E-state index >= 15 is 0 Å². The van der Waals surface area contributed by atoms with Gasteiger partial charge in [-0.25, -0.2) is 13.6 Å². The van der Waals surface area contributed by atoms with Gasteiger partial charge in [0.05, 0.1) is 5.75 Å². The largest absolute Gasteiger partial charge is 0.229 e. The molecule has 0 aromatic heterocycles. The van der Waals surface area contributed by atoms with E-state index in [2.05, 4.69) is 5.14 Å². The number of halogens is 1. The van der Waals surface area contributed by atoms with Crippen LogP contribution in [0.4, 0.5) is 0 Å². The number of nitrogens with two attached hydrogens (primary N) is 1. The first kappa shape index (κ1) is 11.2. The Hall–Kier alpha value is 0.390. The summed E-state index contributed by atoms with van der Waals surface area (Å²) in [6.45, 7) is 1.77. The zero-order valence-electron chi connectivity index (χ0n) is 4.62. The Morgan fingerprint density at radius 3 is 1.88 bits per heavy atom. The quantitative estimate of drug-likeness (QED) is 0.701. The van der Waals surface area contributed by atoms with E-state index in [0.29, 0.717) is 6.42 Å². The molecule has 0 aliphatic rings. The lowest BCUT2D eigenvalue weighted by atomic mass is 10.6. The van der Waals surface area contributed by atoms with E-state index in [9.17, 15) is 8.42 Å². The van der Waals surface area contributed by atoms with Crippen molar-refractivity contribution in [2.24, 2.45) is 5.14 Å². The fourth-order valence-electron chi connectivity index (χ4n) is 0.285. The van der Waals surface area contributed by atoms with E-state index in [1.807, 2.05) is 0 Å². The molecule has 0 radical (unpaired) electrons. The molecular weight excluding hydrogens is 194 g/mol. The molecule has 0 saturated heterocycles. The summed E-state index contributed by atoms with van der Waals surface area (Å²) in [5, 5.41) is 4.62. The molecule has 0 rings (SSSR count). The van der Waals surface area contributed by atoms with Crippen molar-refractivity contribution in [3.8, 4) is 0 Å². The van der Waals surface area contributed by atoms with Crippen molar-refractivity contribution in [3.63, 3.8) is 0 Å². The third kappa shape index (κ3) is 9.63. The van der Waals surface area contributed by atoms with Crippen LogP contribution in [0.3, 0.4) is 0 Å². The molecule has 0 bridgehead atoms. The topological polar surface area (TPSA) is 60.2 Å². The fraction of sp³-hybridized carbons (Fsp3) is 1.00. The second-order valence-electron chi connectivity index (χ2n) is 1.37. The standard InChI is InChI=1S/C3H9NO2S.BrH/c1-2-3-7(4,5)6;/h2-3H2,1H3,(H2,4,5,6);1H. The van der Waals surface area contributed by atoms with Crippen molar-refractivity contribution < 1.29 is 8.42 Å². The van der Waals surface area contributed by atoms with Gasteiger partial charge >= 0.3 is 0 Å². The van der Waals surface area contributed by atoms with E-state index in [4.69, 9.17) is 0 Å². The molecule has 0 fully saturated rings. The highest BCUT2D eigenvalue weighted by Crippen LogP contribution is 1.79. The maximum absolute atomic E-state index is 10.0. The van der Waals surface area contributed by atoms with Crippen molar-refractivity contribution >= 4 is 27.0 Å². The molecule has 0 heterocycles. The number of hydrogen-bond donors (Lipinski definition) is 1. The number of sulfonamides is 1. The maximum Gasteiger partial charge on any atom is 0.209 e. The summed E-state index contributed by atoms with van der Waals surface area (Å²) in [6, 6.07) is 0. The maximum atomic E-state index is 10.0. The van der Waals surface area contributed by atoms with Crippen LogP contribution in [0.2, 0.25) is 0 Å². The van der Waals surface area contributed by atoms with E-state index in [0.717, 1.165) is 0 Å². The Kier molecular flexibility index (Phi) is 6.01. The van der Waals surface area contributed by atoms with Crippen LogP contribution in [0.1, 0.15) is 13.3 Å². The predicted molar refractivity (Wildman–Crippen MR) is 38.6 cm³/mol. The zero-order chi connectivity index (χ0) is 5.91. The smallest absolute Gasteiger partial charge is 0.209 e. The summed E-state index contributed by atoms with van der Waals surface area (Å²) in [5.74, 6) is 0.0903. The van der Waals surface area contributed by atoms with Crippen molar-refractivity contribution in [1.82, 2.24) is 0 Å². The Morgan fingerprint density at radius 2 is 1.88 bits per heavy atom. The van der Waals surface area contributed by atoms with Crippen LogP contribution >= 0.6 is 17.0 Å². The van der Waals surface area contributed by atoms with E-state index in [-0.39, 0.29) is 22.7 Å². The van der Waals surface area contributed by atoms with E-state index in [1.165, 1.54) is 0 Å². The van der Waals surface area contributed by atoms with Gasteiger partial charge in [-0.05, 0) is 6.42 Å². The Labute approximate surface area is 60.1 Å². The van der Waals surface area contributed by atoms with Gasteiger partial charge in [0.25, 0.3) is 0 Å². The van der Waals surface area contributed by atoms with Gasteiger partial charge in [-0.15, -0.1) is 17.0 Å². The number of hydrogen-bond acceptors (Lipinski definition) is 2. The lowest BCUT2D eigenvalue weighted by Crippen LogP contribution is -2.15. The molecule has 0 spiro atoms. The van der Waals surface area contributed by atoms with Crippen molar-refractivity contribution in [1.29, 1.82) is 0 Å². The summed E-state index contributed by atoms with van der Waals surface area (Å²) in [4.78, 5) is 0. The van der Waals surface area contributed by atoms with Crippen LogP contribution < -0.4 is 5.14 Å². The molecule has 2 N–H and O–H groups in total. The van der Waals surface area contributed by atoms with Gasteiger partial charge in [-0.3, -0.25) is 0 Å². The Bertz CT molecular complexity index is 130. The summed E-state index contributed by atoms with van der Waals surface area (Å²) < 4.78 is 20.0. The highest BCUT2D eigenvalue weighted by molar-refractivity contribution is 8.93. The third-order valence-electron chi connectivity index (χ3n) is 0.489. The molecule has 0 aliphatic carbocycles. The van der Waals surface area contributed by atoms with Crippen LogP contribution in [0.5, 0.6) is 0 Å². The van der Waals surface area contributed by atoms with Gasteiger partial charge in [-0.2, -0.15) is 0 Å². The monoisotopic (exact) mass is 203 g/mol. The van der Waals surface area contributed by atoms with Gasteiger partial charge in [0.15, 0.2) is 0 Å². The molecule has 52 valence electrons. The highest BCUT2D eigenvalue weighted by Gasteiger charge is 1.95. The van der Waals surface area contributed by atoms with Gasteiger partial charge in [0.1, 0.15) is 0 Å². The van der Waals surface area contributed by atoms with E-state index < -0.39 is 10.0 Å². The second-order valence-corrected chi connectivity index (χ2v) is 3.10. The van der Waals surface area contributed by atoms with Crippen molar-refractivity contribution in [3.05, 3.63) is 0 Å². The van der Waals surface area contributed by atoms with Crippen LogP contribution in [-0.2, 0) is 10.0 Å². The zero-order valence-corrected chi connectivity index (χ0v) is 7.15. The van der Waals surface area contributed by atoms with Crippen LogP contribution in [-0.4, -0.2) is 14.2 Å². The Morgan fingerprint density at radius 1 is 1.50 bits per heavy atom. The molecule has 3 nitrogen and oxygen atoms in total. The number of primary sulfonamides is 1. The predicted octanol–water partition coefficient (Wildman–Crippen LogP) is 0.263. The van der Waals surface area contributed by atoms with E-state index in [1.54, 1.807) is 6.92 Å². The first-order valence-corrected chi connectivity index (χ1v) is 3.78. The molecule has 0 aromatic carbocycles. The SMILES string of the molecule is Br.CCCS(N)(=O)=O. The second kappa shape index (κ2) is 4.29.